The average molecular weight is 481 g/mol. The van der Waals surface area contributed by atoms with Crippen molar-refractivity contribution in [2.24, 2.45) is 0 Å². The number of benzene rings is 2. The van der Waals surface area contributed by atoms with E-state index in [0.717, 1.165) is 24.3 Å². The van der Waals surface area contributed by atoms with E-state index >= 15 is 0 Å². The number of hydrogen-bond acceptors (Lipinski definition) is 5. The number of rotatable bonds is 10. The monoisotopic (exact) mass is 480 g/mol. The van der Waals surface area contributed by atoms with Crippen molar-refractivity contribution in [2.75, 3.05) is 31.6 Å². The average Bonchev–Trinajstić information content (AvgIpc) is 2.69. The molecule has 2 N–H and O–H groups in total. The third-order valence-corrected chi connectivity index (χ3v) is 5.54. The third kappa shape index (κ3) is 7.60. The second-order valence-electron chi connectivity index (χ2n) is 6.26. The molecule has 0 heterocycles. The summed E-state index contributed by atoms with van der Waals surface area (Å²) in [7, 11) is -2.66. The topological polar surface area (TPSA) is 93.7 Å². The standard InChI is InChI=1S/C19H20ClF3N2O5S/c1-29-9-3-8-24-18(26)12-30-17-7-6-15(11-16(17)20)31(27,28)25-14-5-2-4-13(10-14)19(21,22)23/h2,4-7,10-11,25H,3,8-9,12H2,1H3,(H,24,26). The molecule has 7 nitrogen and oxygen atoms in total. The summed E-state index contributed by atoms with van der Waals surface area (Å²) in [6, 6.07) is 7.27. The SMILES string of the molecule is COCCCNC(=O)COc1ccc(S(=O)(=O)Nc2cccc(C(F)(F)F)c2)cc1Cl. The van der Waals surface area contributed by atoms with Crippen LogP contribution in [0.1, 0.15) is 12.0 Å². The lowest BCUT2D eigenvalue weighted by molar-refractivity contribution is -0.137. The fraction of sp³-hybridized carbons (Fsp3) is 0.316. The van der Waals surface area contributed by atoms with Crippen molar-refractivity contribution in [3.8, 4) is 5.75 Å². The highest BCUT2D eigenvalue weighted by molar-refractivity contribution is 7.92. The molecule has 1 amide bonds. The summed E-state index contributed by atoms with van der Waals surface area (Å²) in [5.74, 6) is -0.318. The normalized spacial score (nSPS) is 11.8. The molecule has 2 aromatic rings. The van der Waals surface area contributed by atoms with Crippen molar-refractivity contribution in [3.05, 3.63) is 53.1 Å². The Labute approximate surface area is 182 Å². The maximum Gasteiger partial charge on any atom is 0.416 e. The highest BCUT2D eigenvalue weighted by atomic mass is 35.5. The molecule has 0 bridgehead atoms. The fourth-order valence-electron chi connectivity index (χ4n) is 2.38. The van der Waals surface area contributed by atoms with Crippen LogP contribution in [0.15, 0.2) is 47.4 Å². The summed E-state index contributed by atoms with van der Waals surface area (Å²) in [6.45, 7) is 0.570. The summed E-state index contributed by atoms with van der Waals surface area (Å²) >= 11 is 6.04. The summed E-state index contributed by atoms with van der Waals surface area (Å²) < 4.78 is 75.6. The Morgan fingerprint density at radius 3 is 2.55 bits per heavy atom. The maximum atomic E-state index is 12.8. The van der Waals surface area contributed by atoms with Gasteiger partial charge in [0.25, 0.3) is 15.9 Å². The molecule has 0 aliphatic rings. The van der Waals surface area contributed by atoms with Crippen molar-refractivity contribution in [1.82, 2.24) is 5.32 Å². The van der Waals surface area contributed by atoms with Crippen LogP contribution in [-0.2, 0) is 25.7 Å². The molecule has 31 heavy (non-hydrogen) atoms. The van der Waals surface area contributed by atoms with Gasteiger partial charge in [-0.2, -0.15) is 13.2 Å². The zero-order chi connectivity index (χ0) is 23.1. The molecule has 0 aliphatic carbocycles. The summed E-state index contributed by atoms with van der Waals surface area (Å²) in [5.41, 5.74) is -1.24. The van der Waals surface area contributed by atoms with Crippen LogP contribution in [0.4, 0.5) is 18.9 Å². The highest BCUT2D eigenvalue weighted by Crippen LogP contribution is 2.32. The van der Waals surface area contributed by atoms with Gasteiger partial charge >= 0.3 is 6.18 Å². The van der Waals surface area contributed by atoms with Crippen LogP contribution in [-0.4, -0.2) is 41.2 Å². The second kappa shape index (κ2) is 10.7. The lowest BCUT2D eigenvalue weighted by Gasteiger charge is -2.13. The molecule has 0 saturated heterocycles. The molecule has 0 fully saturated rings. The first-order chi connectivity index (χ1) is 14.5. The quantitative estimate of drug-likeness (QED) is 0.506. The molecule has 12 heteroatoms. The number of carbonyl (C=O) groups is 1. The van der Waals surface area contributed by atoms with Gasteiger partial charge in [0.1, 0.15) is 5.75 Å². The molecule has 170 valence electrons. The first-order valence-corrected chi connectivity index (χ1v) is 10.8. The summed E-state index contributed by atoms with van der Waals surface area (Å²) in [5, 5.41) is 2.53. The Hall–Kier alpha value is -2.50. The number of ether oxygens (including phenoxy) is 2. The second-order valence-corrected chi connectivity index (χ2v) is 8.35. The van der Waals surface area contributed by atoms with E-state index in [0.29, 0.717) is 25.6 Å². The number of hydrogen-bond donors (Lipinski definition) is 2. The van der Waals surface area contributed by atoms with Crippen molar-refractivity contribution < 1.29 is 35.9 Å². The van der Waals surface area contributed by atoms with Crippen LogP contribution in [0.5, 0.6) is 5.75 Å². The van der Waals surface area contributed by atoms with Gasteiger partial charge in [-0.15, -0.1) is 0 Å². The van der Waals surface area contributed by atoms with Crippen LogP contribution in [0.2, 0.25) is 5.02 Å². The highest BCUT2D eigenvalue weighted by Gasteiger charge is 2.30. The Morgan fingerprint density at radius 1 is 1.16 bits per heavy atom. The first kappa shape index (κ1) is 24.8. The summed E-state index contributed by atoms with van der Waals surface area (Å²) in [4.78, 5) is 11.4. The van der Waals surface area contributed by atoms with E-state index in [1.54, 1.807) is 7.11 Å². The van der Waals surface area contributed by atoms with Crippen molar-refractivity contribution >= 4 is 33.2 Å². The number of anilines is 1. The molecule has 2 aromatic carbocycles. The number of sulfonamides is 1. The van der Waals surface area contributed by atoms with Gasteiger partial charge in [-0.3, -0.25) is 9.52 Å². The number of amides is 1. The van der Waals surface area contributed by atoms with E-state index in [1.807, 2.05) is 0 Å². The van der Waals surface area contributed by atoms with Gasteiger partial charge < -0.3 is 14.8 Å². The van der Waals surface area contributed by atoms with Gasteiger partial charge in [-0.25, -0.2) is 8.42 Å². The Morgan fingerprint density at radius 2 is 1.90 bits per heavy atom. The number of nitrogens with one attached hydrogen (secondary N) is 2. The Kier molecular flexibility index (Phi) is 8.54. The fourth-order valence-corrected chi connectivity index (χ4v) is 3.75. The molecule has 0 atom stereocenters. The van der Waals surface area contributed by atoms with Gasteiger partial charge in [0.15, 0.2) is 6.61 Å². The van der Waals surface area contributed by atoms with Gasteiger partial charge in [-0.05, 0) is 42.8 Å². The van der Waals surface area contributed by atoms with E-state index in [4.69, 9.17) is 21.1 Å². The Balaban J connectivity index is 2.04. The Bertz CT molecular complexity index is 1020. The number of carbonyl (C=O) groups excluding carboxylic acids is 1. The smallest absolute Gasteiger partial charge is 0.416 e. The predicted molar refractivity (Wildman–Crippen MR) is 109 cm³/mol. The third-order valence-electron chi connectivity index (χ3n) is 3.86. The first-order valence-electron chi connectivity index (χ1n) is 8.91. The van der Waals surface area contributed by atoms with E-state index in [-0.39, 0.29) is 28.0 Å². The largest absolute Gasteiger partial charge is 0.482 e. The van der Waals surface area contributed by atoms with E-state index in [2.05, 4.69) is 10.0 Å². The van der Waals surface area contributed by atoms with Crippen LogP contribution < -0.4 is 14.8 Å². The predicted octanol–water partition coefficient (Wildman–Crippen LogP) is 3.69. The van der Waals surface area contributed by atoms with E-state index in [9.17, 15) is 26.4 Å². The maximum absolute atomic E-state index is 12.8. The minimum Gasteiger partial charge on any atom is -0.482 e. The van der Waals surface area contributed by atoms with Crippen molar-refractivity contribution in [3.63, 3.8) is 0 Å². The molecule has 0 saturated carbocycles. The van der Waals surface area contributed by atoms with Crippen LogP contribution in [0.3, 0.4) is 0 Å². The van der Waals surface area contributed by atoms with Crippen LogP contribution in [0, 0.1) is 0 Å². The molecule has 0 radical (unpaired) electrons. The lowest BCUT2D eigenvalue weighted by atomic mass is 10.2. The van der Waals surface area contributed by atoms with Crippen LogP contribution in [0.25, 0.3) is 0 Å². The number of alkyl halides is 3. The van der Waals surface area contributed by atoms with Crippen LogP contribution >= 0.6 is 11.6 Å². The number of methoxy groups -OCH3 is 1. The zero-order valence-corrected chi connectivity index (χ0v) is 17.9. The minimum absolute atomic E-state index is 0.0757. The van der Waals surface area contributed by atoms with Gasteiger partial charge in [0, 0.05) is 25.9 Å². The minimum atomic E-state index is -4.61. The van der Waals surface area contributed by atoms with Gasteiger partial charge in [-0.1, -0.05) is 17.7 Å². The summed E-state index contributed by atoms with van der Waals surface area (Å²) in [6.07, 6.45) is -3.98. The number of halogens is 4. The van der Waals surface area contributed by atoms with E-state index < -0.39 is 27.7 Å². The van der Waals surface area contributed by atoms with Gasteiger partial charge in [0.05, 0.1) is 15.5 Å². The van der Waals surface area contributed by atoms with Gasteiger partial charge in [0.2, 0.25) is 0 Å². The molecule has 0 spiro atoms. The molecule has 0 aliphatic heterocycles. The molecular formula is C19H20ClF3N2O5S. The molecule has 0 aromatic heterocycles. The van der Waals surface area contributed by atoms with Crippen molar-refractivity contribution in [1.29, 1.82) is 0 Å². The zero-order valence-electron chi connectivity index (χ0n) is 16.3. The molecule has 0 unspecified atom stereocenters. The lowest BCUT2D eigenvalue weighted by Crippen LogP contribution is -2.30. The molecule has 2 rings (SSSR count). The van der Waals surface area contributed by atoms with E-state index in [1.165, 1.54) is 12.1 Å². The molecular weight excluding hydrogens is 461 g/mol. The van der Waals surface area contributed by atoms with Crippen molar-refractivity contribution in [2.45, 2.75) is 17.5 Å².